The number of primary amides is 1. The standard InChI is InChI=1S/C14H13ClN2O5S/c1-21-9-3-7(8(15)5-10(9)22-2)4-11-13(19)17(6-12(16)18)14(20)23-11/h3-5H,6H2,1-2H3,(H2,16,18)/b11-4-. The predicted octanol–water partition coefficient (Wildman–Crippen LogP) is 1.88. The summed E-state index contributed by atoms with van der Waals surface area (Å²) in [7, 11) is 2.94. The van der Waals surface area contributed by atoms with Crippen molar-refractivity contribution in [1.82, 2.24) is 4.90 Å². The van der Waals surface area contributed by atoms with E-state index in [1.54, 1.807) is 12.1 Å². The lowest BCUT2D eigenvalue weighted by molar-refractivity contribution is -0.127. The van der Waals surface area contributed by atoms with Gasteiger partial charge in [-0.3, -0.25) is 19.3 Å². The lowest BCUT2D eigenvalue weighted by Gasteiger charge is -2.10. The molecule has 2 N–H and O–H groups in total. The van der Waals surface area contributed by atoms with Crippen LogP contribution in [0.3, 0.4) is 0 Å². The summed E-state index contributed by atoms with van der Waals surface area (Å²) < 4.78 is 10.3. The Morgan fingerprint density at radius 1 is 1.30 bits per heavy atom. The summed E-state index contributed by atoms with van der Waals surface area (Å²) >= 11 is 6.86. The fraction of sp³-hybridized carbons (Fsp3) is 0.214. The van der Waals surface area contributed by atoms with Crippen LogP contribution in [-0.2, 0) is 9.59 Å². The van der Waals surface area contributed by atoms with Gasteiger partial charge < -0.3 is 15.2 Å². The second-order valence-corrected chi connectivity index (χ2v) is 5.86. The average molecular weight is 357 g/mol. The molecule has 0 aliphatic carbocycles. The van der Waals surface area contributed by atoms with E-state index in [0.29, 0.717) is 33.8 Å². The van der Waals surface area contributed by atoms with E-state index in [1.807, 2.05) is 0 Å². The maximum absolute atomic E-state index is 12.2. The minimum Gasteiger partial charge on any atom is -0.493 e. The largest absolute Gasteiger partial charge is 0.493 e. The van der Waals surface area contributed by atoms with Crippen molar-refractivity contribution in [3.8, 4) is 11.5 Å². The first-order valence-corrected chi connectivity index (χ1v) is 7.52. The molecule has 0 radical (unpaired) electrons. The third-order valence-electron chi connectivity index (χ3n) is 2.98. The SMILES string of the molecule is COc1cc(Cl)c(/C=C2\SC(=O)N(CC(N)=O)C2=O)cc1OC. The Hall–Kier alpha value is -2.19. The topological polar surface area (TPSA) is 98.9 Å². The number of methoxy groups -OCH3 is 2. The first-order chi connectivity index (χ1) is 10.9. The van der Waals surface area contributed by atoms with Gasteiger partial charge >= 0.3 is 0 Å². The molecule has 2 rings (SSSR count). The summed E-state index contributed by atoms with van der Waals surface area (Å²) in [4.78, 5) is 35.8. The molecule has 0 saturated carbocycles. The predicted molar refractivity (Wildman–Crippen MR) is 86.4 cm³/mol. The fourth-order valence-corrected chi connectivity index (χ4v) is 2.95. The monoisotopic (exact) mass is 356 g/mol. The zero-order valence-electron chi connectivity index (χ0n) is 12.3. The first-order valence-electron chi connectivity index (χ1n) is 6.32. The lowest BCUT2D eigenvalue weighted by Crippen LogP contribution is -2.36. The molecule has 3 amide bonds. The minimum atomic E-state index is -0.766. The number of benzene rings is 1. The van der Waals surface area contributed by atoms with Crippen LogP contribution in [0, 0.1) is 0 Å². The van der Waals surface area contributed by atoms with E-state index in [1.165, 1.54) is 20.3 Å². The van der Waals surface area contributed by atoms with Crippen molar-refractivity contribution >= 4 is 46.5 Å². The molecule has 1 aliphatic rings. The highest BCUT2D eigenvalue weighted by Crippen LogP contribution is 2.37. The zero-order chi connectivity index (χ0) is 17.1. The van der Waals surface area contributed by atoms with Gasteiger partial charge in [-0.25, -0.2) is 0 Å². The molecule has 1 aromatic rings. The maximum atomic E-state index is 12.2. The van der Waals surface area contributed by atoms with E-state index in [0.717, 1.165) is 4.90 Å². The summed E-state index contributed by atoms with van der Waals surface area (Å²) in [5.41, 5.74) is 5.50. The quantitative estimate of drug-likeness (QED) is 0.809. The molecule has 1 aromatic carbocycles. The molecule has 0 aromatic heterocycles. The Kier molecular flexibility index (Phi) is 5.17. The summed E-state index contributed by atoms with van der Waals surface area (Å²) in [6.07, 6.45) is 1.45. The Morgan fingerprint density at radius 2 is 1.91 bits per heavy atom. The van der Waals surface area contributed by atoms with Crippen LogP contribution >= 0.6 is 23.4 Å². The van der Waals surface area contributed by atoms with Crippen LogP contribution in [0.1, 0.15) is 5.56 Å². The molecule has 9 heteroatoms. The number of halogens is 1. The van der Waals surface area contributed by atoms with Crippen molar-refractivity contribution in [2.45, 2.75) is 0 Å². The maximum Gasteiger partial charge on any atom is 0.294 e. The molecule has 1 saturated heterocycles. The lowest BCUT2D eigenvalue weighted by atomic mass is 10.1. The van der Waals surface area contributed by atoms with Gasteiger partial charge in [0.2, 0.25) is 5.91 Å². The van der Waals surface area contributed by atoms with Crippen LogP contribution in [0.15, 0.2) is 17.0 Å². The highest BCUT2D eigenvalue weighted by atomic mass is 35.5. The van der Waals surface area contributed by atoms with Gasteiger partial charge in [-0.2, -0.15) is 0 Å². The van der Waals surface area contributed by atoms with Gasteiger partial charge in [-0.05, 0) is 29.5 Å². The van der Waals surface area contributed by atoms with Gasteiger partial charge in [-0.1, -0.05) is 11.6 Å². The Balaban J connectivity index is 2.37. The first kappa shape index (κ1) is 17.2. The van der Waals surface area contributed by atoms with Crippen LogP contribution in [-0.4, -0.2) is 42.7 Å². The van der Waals surface area contributed by atoms with Crippen LogP contribution < -0.4 is 15.2 Å². The molecule has 0 spiro atoms. The van der Waals surface area contributed by atoms with Crippen molar-refractivity contribution in [2.24, 2.45) is 5.73 Å². The van der Waals surface area contributed by atoms with Gasteiger partial charge in [0.05, 0.1) is 24.1 Å². The zero-order valence-corrected chi connectivity index (χ0v) is 13.9. The van der Waals surface area contributed by atoms with Crippen molar-refractivity contribution in [2.75, 3.05) is 20.8 Å². The summed E-state index contributed by atoms with van der Waals surface area (Å²) in [6, 6.07) is 3.13. The van der Waals surface area contributed by atoms with Crippen molar-refractivity contribution in [3.05, 3.63) is 27.6 Å². The van der Waals surface area contributed by atoms with Gasteiger partial charge in [0.15, 0.2) is 11.5 Å². The van der Waals surface area contributed by atoms with Gasteiger partial charge in [0.1, 0.15) is 6.54 Å². The number of amides is 3. The molecule has 1 aliphatic heterocycles. The molecule has 1 fully saturated rings. The number of hydrogen-bond donors (Lipinski definition) is 1. The molecule has 1 heterocycles. The van der Waals surface area contributed by atoms with Gasteiger partial charge in [0, 0.05) is 6.07 Å². The molecular formula is C14H13ClN2O5S. The van der Waals surface area contributed by atoms with E-state index in [-0.39, 0.29) is 4.91 Å². The number of carbonyl (C=O) groups excluding carboxylic acids is 3. The molecule has 122 valence electrons. The third-order valence-corrected chi connectivity index (χ3v) is 4.21. The van der Waals surface area contributed by atoms with Crippen LogP contribution in [0.4, 0.5) is 4.79 Å². The Bertz CT molecular complexity index is 719. The van der Waals surface area contributed by atoms with E-state index in [4.69, 9.17) is 26.8 Å². The molecule has 0 atom stereocenters. The number of rotatable bonds is 5. The molecule has 23 heavy (non-hydrogen) atoms. The summed E-state index contributed by atoms with van der Waals surface area (Å²) in [6.45, 7) is -0.457. The number of hydrogen-bond acceptors (Lipinski definition) is 6. The molecule has 0 bridgehead atoms. The second-order valence-electron chi connectivity index (χ2n) is 4.46. The smallest absolute Gasteiger partial charge is 0.294 e. The number of nitrogens with zero attached hydrogens (tertiary/aromatic N) is 1. The highest BCUT2D eigenvalue weighted by Gasteiger charge is 2.36. The van der Waals surface area contributed by atoms with Gasteiger partial charge in [0.25, 0.3) is 11.1 Å². The highest BCUT2D eigenvalue weighted by molar-refractivity contribution is 8.18. The molecule has 0 unspecified atom stereocenters. The normalized spacial score (nSPS) is 16.1. The van der Waals surface area contributed by atoms with E-state index in [9.17, 15) is 14.4 Å². The third kappa shape index (κ3) is 3.59. The number of imide groups is 1. The van der Waals surface area contributed by atoms with Crippen LogP contribution in [0.25, 0.3) is 6.08 Å². The Morgan fingerprint density at radius 3 is 2.48 bits per heavy atom. The van der Waals surface area contributed by atoms with Gasteiger partial charge in [-0.15, -0.1) is 0 Å². The van der Waals surface area contributed by atoms with E-state index >= 15 is 0 Å². The van der Waals surface area contributed by atoms with E-state index < -0.39 is 23.6 Å². The summed E-state index contributed by atoms with van der Waals surface area (Å²) in [5, 5.41) is -0.235. The van der Waals surface area contributed by atoms with Crippen LogP contribution in [0.2, 0.25) is 5.02 Å². The number of carbonyl (C=O) groups is 3. The molecular weight excluding hydrogens is 344 g/mol. The van der Waals surface area contributed by atoms with E-state index in [2.05, 4.69) is 0 Å². The van der Waals surface area contributed by atoms with Crippen molar-refractivity contribution < 1.29 is 23.9 Å². The Labute approximate surface area is 141 Å². The number of ether oxygens (including phenoxy) is 2. The van der Waals surface area contributed by atoms with Crippen molar-refractivity contribution in [3.63, 3.8) is 0 Å². The summed E-state index contributed by atoms with van der Waals surface area (Å²) in [5.74, 6) is -0.488. The van der Waals surface area contributed by atoms with Crippen molar-refractivity contribution in [1.29, 1.82) is 0 Å². The number of nitrogens with two attached hydrogens (primary N) is 1. The molecule has 7 nitrogen and oxygen atoms in total. The number of thioether (sulfide) groups is 1. The fourth-order valence-electron chi connectivity index (χ4n) is 1.91. The average Bonchev–Trinajstić information content (AvgIpc) is 2.76. The second kappa shape index (κ2) is 6.93. The van der Waals surface area contributed by atoms with Crippen LogP contribution in [0.5, 0.6) is 11.5 Å². The minimum absolute atomic E-state index is 0.144.